The molecule has 0 spiro atoms. The highest BCUT2D eigenvalue weighted by atomic mass is 19.1. The van der Waals surface area contributed by atoms with Crippen molar-refractivity contribution < 1.29 is 8.78 Å². The Bertz CT molecular complexity index is 1990. The van der Waals surface area contributed by atoms with Crippen LogP contribution in [0.5, 0.6) is 0 Å². The van der Waals surface area contributed by atoms with Gasteiger partial charge in [0.1, 0.15) is 22.8 Å². The monoisotopic (exact) mass is 621 g/mol. The van der Waals surface area contributed by atoms with Crippen LogP contribution in [0.3, 0.4) is 0 Å². The lowest BCUT2D eigenvalue weighted by Crippen LogP contribution is -2.20. The average molecular weight is 622 g/mol. The molecule has 4 aromatic heterocycles. The van der Waals surface area contributed by atoms with Gasteiger partial charge in [-0.2, -0.15) is 5.10 Å². The Morgan fingerprint density at radius 1 is 0.957 bits per heavy atom. The molecule has 236 valence electrons. The predicted molar refractivity (Wildman–Crippen MR) is 178 cm³/mol. The van der Waals surface area contributed by atoms with E-state index in [4.69, 9.17) is 4.98 Å². The van der Waals surface area contributed by atoms with Crippen LogP contribution in [0.1, 0.15) is 31.2 Å². The third kappa shape index (κ3) is 6.33. The molecule has 4 N–H and O–H groups in total. The van der Waals surface area contributed by atoms with Crippen molar-refractivity contribution in [3.63, 3.8) is 0 Å². The minimum absolute atomic E-state index is 0.363. The van der Waals surface area contributed by atoms with E-state index < -0.39 is 0 Å². The van der Waals surface area contributed by atoms with Crippen molar-refractivity contribution in [3.05, 3.63) is 78.3 Å². The number of likely N-dealkylation sites (N-methyl/N-ethyl adjacent to an activating group) is 1. The molecule has 7 rings (SSSR count). The van der Waals surface area contributed by atoms with Crippen LogP contribution in [0.25, 0.3) is 55.8 Å². The molecule has 9 nitrogen and oxygen atoms in total. The van der Waals surface area contributed by atoms with E-state index in [9.17, 15) is 4.39 Å². The summed E-state index contributed by atoms with van der Waals surface area (Å²) < 4.78 is 30.1. The molecule has 46 heavy (non-hydrogen) atoms. The molecule has 0 atom stereocenters. The second-order valence-electron chi connectivity index (χ2n) is 12.4. The maximum Gasteiger partial charge on any atom is 0.159 e. The molecule has 0 bridgehead atoms. The van der Waals surface area contributed by atoms with E-state index in [2.05, 4.69) is 40.7 Å². The summed E-state index contributed by atoms with van der Waals surface area (Å²) in [5.74, 6) is 0.506. The number of hydrogen-bond donors (Lipinski definition) is 4. The normalized spacial score (nSPS) is 13.8. The lowest BCUT2D eigenvalue weighted by atomic mass is 10.0. The summed E-state index contributed by atoms with van der Waals surface area (Å²) >= 11 is 0. The molecule has 0 saturated heterocycles. The number of rotatable bonds is 11. The second-order valence-corrected chi connectivity index (χ2v) is 12.4. The number of anilines is 1. The number of aromatic nitrogens is 6. The van der Waals surface area contributed by atoms with Crippen molar-refractivity contribution in [2.24, 2.45) is 5.92 Å². The number of imidazole rings is 1. The molecule has 0 unspecified atom stereocenters. The molecule has 6 aromatic rings. The first-order valence-electron chi connectivity index (χ1n) is 15.8. The number of nitrogens with zero attached hydrogens (tertiary/aromatic N) is 5. The summed E-state index contributed by atoms with van der Waals surface area (Å²) in [7, 11) is 3.98. The number of hydrogen-bond acceptors (Lipinski definition) is 7. The summed E-state index contributed by atoms with van der Waals surface area (Å²) in [4.78, 5) is 19.2. The van der Waals surface area contributed by atoms with Gasteiger partial charge in [-0.15, -0.1) is 0 Å². The Hall–Kier alpha value is -4.74. The van der Waals surface area contributed by atoms with E-state index >= 15 is 4.39 Å². The number of fused-ring (bicyclic) bond motifs is 2. The van der Waals surface area contributed by atoms with Crippen LogP contribution >= 0.6 is 0 Å². The van der Waals surface area contributed by atoms with Gasteiger partial charge in [-0.05, 0) is 81.4 Å². The zero-order valence-corrected chi connectivity index (χ0v) is 26.0. The summed E-state index contributed by atoms with van der Waals surface area (Å²) in [6.07, 6.45) is 10.4. The molecule has 2 aromatic carbocycles. The maximum absolute atomic E-state index is 15.4. The van der Waals surface area contributed by atoms with Gasteiger partial charge < -0.3 is 20.5 Å². The largest absolute Gasteiger partial charge is 0.384 e. The van der Waals surface area contributed by atoms with Crippen molar-refractivity contribution in [2.45, 2.75) is 32.2 Å². The average Bonchev–Trinajstić information content (AvgIpc) is 3.80. The third-order valence-electron chi connectivity index (χ3n) is 8.68. The number of benzene rings is 2. The van der Waals surface area contributed by atoms with Crippen molar-refractivity contribution in [1.29, 1.82) is 0 Å². The smallest absolute Gasteiger partial charge is 0.159 e. The zero-order valence-electron chi connectivity index (χ0n) is 26.0. The third-order valence-corrected chi connectivity index (χ3v) is 8.68. The summed E-state index contributed by atoms with van der Waals surface area (Å²) in [6, 6.07) is 11.9. The Morgan fingerprint density at radius 2 is 1.83 bits per heavy atom. The molecule has 11 heteroatoms. The van der Waals surface area contributed by atoms with E-state index in [0.29, 0.717) is 69.1 Å². The zero-order chi connectivity index (χ0) is 31.6. The summed E-state index contributed by atoms with van der Waals surface area (Å²) in [5, 5.41) is 15.0. The molecule has 1 fully saturated rings. The Labute approximate surface area is 265 Å². The fraction of sp³-hybridized carbons (Fsp3) is 0.314. The van der Waals surface area contributed by atoms with E-state index in [1.54, 1.807) is 18.5 Å². The van der Waals surface area contributed by atoms with Crippen LogP contribution in [0.4, 0.5) is 14.5 Å². The maximum atomic E-state index is 15.4. The molecule has 0 radical (unpaired) electrons. The predicted octanol–water partition coefficient (Wildman–Crippen LogP) is 6.76. The quantitative estimate of drug-likeness (QED) is 0.127. The number of pyridine rings is 2. The molecule has 0 amide bonds. The van der Waals surface area contributed by atoms with E-state index in [0.717, 1.165) is 30.1 Å². The topological polar surface area (TPSA) is 110 Å². The van der Waals surface area contributed by atoms with Crippen LogP contribution in [-0.2, 0) is 6.54 Å². The fourth-order valence-electron chi connectivity index (χ4n) is 6.32. The van der Waals surface area contributed by atoms with Crippen molar-refractivity contribution in [2.75, 3.05) is 39.0 Å². The number of aromatic amines is 2. The highest BCUT2D eigenvalue weighted by Crippen LogP contribution is 2.34. The first kappa shape index (κ1) is 29.9. The Kier molecular flexibility index (Phi) is 8.42. The Balaban J connectivity index is 1.19. The first-order valence-corrected chi connectivity index (χ1v) is 15.8. The van der Waals surface area contributed by atoms with Crippen LogP contribution < -0.4 is 10.6 Å². The van der Waals surface area contributed by atoms with Crippen LogP contribution in [-0.4, -0.2) is 68.8 Å². The fourth-order valence-corrected chi connectivity index (χ4v) is 6.32. The van der Waals surface area contributed by atoms with Crippen LogP contribution in [0.2, 0.25) is 0 Å². The van der Waals surface area contributed by atoms with Gasteiger partial charge in [-0.1, -0.05) is 12.8 Å². The minimum Gasteiger partial charge on any atom is -0.384 e. The van der Waals surface area contributed by atoms with Crippen molar-refractivity contribution in [1.82, 2.24) is 40.3 Å². The van der Waals surface area contributed by atoms with E-state index in [-0.39, 0.29) is 11.6 Å². The molecular weight excluding hydrogens is 584 g/mol. The molecular formula is C35H37F2N9. The molecule has 1 aliphatic carbocycles. The van der Waals surface area contributed by atoms with Crippen LogP contribution in [0, 0.1) is 17.6 Å². The lowest BCUT2D eigenvalue weighted by Gasteiger charge is -2.12. The molecule has 1 aliphatic rings. The van der Waals surface area contributed by atoms with Crippen molar-refractivity contribution >= 4 is 27.6 Å². The second kappa shape index (κ2) is 12.9. The number of H-pyrrole nitrogens is 2. The molecule has 0 aliphatic heterocycles. The minimum atomic E-state index is -0.365. The number of nitrogens with one attached hydrogen (secondary N) is 4. The highest BCUT2D eigenvalue weighted by Gasteiger charge is 2.19. The number of halogens is 2. The molecule has 4 heterocycles. The van der Waals surface area contributed by atoms with Gasteiger partial charge in [0.25, 0.3) is 0 Å². The highest BCUT2D eigenvalue weighted by molar-refractivity contribution is 5.97. The summed E-state index contributed by atoms with van der Waals surface area (Å²) in [6.45, 7) is 3.16. The van der Waals surface area contributed by atoms with Gasteiger partial charge in [0.15, 0.2) is 5.82 Å². The standard InChI is InChI=1S/C35H37F2N9/c1-46(2)10-9-40-26-13-23(12-25(36)14-26)32-34-30(7-8-41-32)42-35(43-34)33-28-15-27(29(37)16-31(28)44-45-33)24-11-22(19-39-20-24)18-38-17-21-5-3-4-6-21/h7-8,11-16,19-21,38,40H,3-6,9-10,17-18H2,1-2H3,(H,42,43)(H,44,45). The van der Waals surface area contributed by atoms with Crippen molar-refractivity contribution in [3.8, 4) is 33.9 Å². The first-order chi connectivity index (χ1) is 22.4. The van der Waals surface area contributed by atoms with E-state index in [1.165, 1.54) is 43.9 Å². The Morgan fingerprint density at radius 3 is 2.67 bits per heavy atom. The van der Waals surface area contributed by atoms with Gasteiger partial charge in [-0.25, -0.2) is 13.8 Å². The van der Waals surface area contributed by atoms with Gasteiger partial charge in [0.05, 0.1) is 16.7 Å². The van der Waals surface area contributed by atoms with Gasteiger partial charge >= 0.3 is 0 Å². The molecule has 1 saturated carbocycles. The van der Waals surface area contributed by atoms with Crippen LogP contribution in [0.15, 0.2) is 61.1 Å². The van der Waals surface area contributed by atoms with Gasteiger partial charge in [0, 0.05) is 72.1 Å². The van der Waals surface area contributed by atoms with Gasteiger partial charge in [0.2, 0.25) is 0 Å². The van der Waals surface area contributed by atoms with Gasteiger partial charge in [-0.3, -0.25) is 15.1 Å². The summed E-state index contributed by atoms with van der Waals surface area (Å²) in [5.41, 5.74) is 6.38. The van der Waals surface area contributed by atoms with E-state index in [1.807, 2.05) is 38.5 Å². The SMILES string of the molecule is CN(C)CCNc1cc(F)cc(-c2nccc3[nH]c(-c4n[nH]c5cc(F)c(-c6cncc(CNCC7CCCC7)c6)cc45)nc23)c1. The lowest BCUT2D eigenvalue weighted by molar-refractivity contribution is 0.425.